The molecule has 1 heterocycles. The Morgan fingerprint density at radius 3 is 2.72 bits per heavy atom. The third kappa shape index (κ3) is 5.03. The summed E-state index contributed by atoms with van der Waals surface area (Å²) in [4.78, 5) is 15.3. The van der Waals surface area contributed by atoms with E-state index in [4.69, 9.17) is 33.0 Å². The van der Waals surface area contributed by atoms with Crippen molar-refractivity contribution in [2.24, 2.45) is 11.8 Å². The smallest absolute Gasteiger partial charge is 0.337 e. The lowest BCUT2D eigenvalue weighted by atomic mass is 9.89. The minimum absolute atomic E-state index is 0.00602. The molecular weight excluding hydrogens is 413 g/mol. The normalized spacial score (nSPS) is 23.9. The van der Waals surface area contributed by atoms with Crippen LogP contribution in [-0.2, 0) is 6.42 Å². The number of benzene rings is 1. The zero-order valence-corrected chi connectivity index (χ0v) is 18.0. The maximum atomic E-state index is 11.1. The maximum absolute atomic E-state index is 11.1. The molecule has 7 heteroatoms. The lowest BCUT2D eigenvalue weighted by Gasteiger charge is -2.24. The van der Waals surface area contributed by atoms with E-state index in [0.29, 0.717) is 25.9 Å². The molecule has 0 amide bonds. The molecular formula is C22H25Cl2NO4. The predicted molar refractivity (Wildman–Crippen MR) is 113 cm³/mol. The molecule has 1 aliphatic carbocycles. The number of hydrogen-bond acceptors (Lipinski definition) is 4. The van der Waals surface area contributed by atoms with Gasteiger partial charge in [-0.2, -0.15) is 0 Å². The first kappa shape index (κ1) is 21.9. The number of nitrogens with zero attached hydrogens (tertiary/aromatic N) is 1. The lowest BCUT2D eigenvalue weighted by Crippen LogP contribution is -2.27. The van der Waals surface area contributed by atoms with E-state index in [2.05, 4.69) is 4.98 Å². The number of rotatable bonds is 7. The van der Waals surface area contributed by atoms with Gasteiger partial charge in [0.2, 0.25) is 0 Å². The number of carboxylic acids is 1. The Kier molecular flexibility index (Phi) is 7.04. The van der Waals surface area contributed by atoms with Crippen LogP contribution in [0, 0.1) is 25.7 Å². The first-order chi connectivity index (χ1) is 13.8. The first-order valence-corrected chi connectivity index (χ1v) is 10.5. The molecule has 0 radical (unpaired) electrons. The summed E-state index contributed by atoms with van der Waals surface area (Å²) in [6.07, 6.45) is 4.94. The molecule has 0 spiro atoms. The van der Waals surface area contributed by atoms with Crippen molar-refractivity contribution in [2.75, 3.05) is 6.61 Å². The average molecular weight is 438 g/mol. The van der Waals surface area contributed by atoms with Gasteiger partial charge in [0.25, 0.3) is 0 Å². The van der Waals surface area contributed by atoms with Crippen LogP contribution in [0.5, 0.6) is 5.75 Å². The van der Waals surface area contributed by atoms with E-state index < -0.39 is 12.1 Å². The number of aromatic carboxylic acids is 1. The molecule has 2 aromatic rings. The van der Waals surface area contributed by atoms with Crippen molar-refractivity contribution in [1.29, 1.82) is 0 Å². The highest BCUT2D eigenvalue weighted by Crippen LogP contribution is 2.39. The summed E-state index contributed by atoms with van der Waals surface area (Å²) < 4.78 is 6.02. The number of carboxylic acid groups (broad SMARTS) is 1. The van der Waals surface area contributed by atoms with Crippen LogP contribution in [0.15, 0.2) is 30.6 Å². The van der Waals surface area contributed by atoms with Crippen LogP contribution in [0.25, 0.3) is 0 Å². The van der Waals surface area contributed by atoms with Crippen LogP contribution in [-0.4, -0.2) is 39.3 Å². The van der Waals surface area contributed by atoms with Gasteiger partial charge < -0.3 is 14.9 Å². The van der Waals surface area contributed by atoms with E-state index in [1.807, 2.05) is 13.8 Å². The Labute approximate surface area is 180 Å². The highest BCUT2D eigenvalue weighted by atomic mass is 35.5. The van der Waals surface area contributed by atoms with Gasteiger partial charge in [0.15, 0.2) is 0 Å². The number of ether oxygens (including phenoxy) is 1. The third-order valence-electron chi connectivity index (χ3n) is 5.86. The number of halogens is 2. The van der Waals surface area contributed by atoms with Gasteiger partial charge in [0.1, 0.15) is 5.75 Å². The van der Waals surface area contributed by atoms with Crippen molar-refractivity contribution < 1.29 is 19.7 Å². The summed E-state index contributed by atoms with van der Waals surface area (Å²) in [5, 5.41) is 19.7. The van der Waals surface area contributed by atoms with Gasteiger partial charge in [-0.15, -0.1) is 11.6 Å². The van der Waals surface area contributed by atoms with E-state index in [1.54, 1.807) is 24.5 Å². The highest BCUT2D eigenvalue weighted by molar-refractivity contribution is 6.33. The summed E-state index contributed by atoms with van der Waals surface area (Å²) in [6.45, 7) is 4.40. The van der Waals surface area contributed by atoms with Gasteiger partial charge in [-0.05, 0) is 67.9 Å². The number of carbonyl (C=O) groups is 1. The number of aliphatic hydroxyl groups excluding tert-OH is 1. The number of aliphatic hydroxyl groups is 1. The van der Waals surface area contributed by atoms with Gasteiger partial charge in [0.05, 0.1) is 29.5 Å². The van der Waals surface area contributed by atoms with E-state index in [1.165, 1.54) is 6.07 Å². The van der Waals surface area contributed by atoms with Crippen molar-refractivity contribution in [3.05, 3.63) is 57.9 Å². The highest BCUT2D eigenvalue weighted by Gasteiger charge is 2.41. The standard InChI is InChI=1S/C22H25Cl2NO4/c1-12-9-25-10-21(13(12)2)29-11-17-15(20(26)8-19(17)24)5-3-14-4-6-16(22(27)28)18(23)7-14/h4,6-7,9-10,15,17,19-20,26H,3,5,8,11H2,1-2H3,(H,27,28)/t15-,17?,19?,20?/m1/s1. The van der Waals surface area contributed by atoms with Crippen LogP contribution in [0.3, 0.4) is 0 Å². The fraction of sp³-hybridized carbons (Fsp3) is 0.455. The number of pyridine rings is 1. The molecule has 29 heavy (non-hydrogen) atoms. The Morgan fingerprint density at radius 2 is 2.03 bits per heavy atom. The first-order valence-electron chi connectivity index (χ1n) is 9.65. The molecule has 0 bridgehead atoms. The second-order valence-corrected chi connectivity index (χ2v) is 8.66. The Balaban J connectivity index is 1.66. The molecule has 1 fully saturated rings. The van der Waals surface area contributed by atoms with Crippen LogP contribution < -0.4 is 4.74 Å². The number of alkyl halides is 1. The summed E-state index contributed by atoms with van der Waals surface area (Å²) >= 11 is 12.6. The molecule has 1 aromatic heterocycles. The fourth-order valence-electron chi connectivity index (χ4n) is 3.93. The van der Waals surface area contributed by atoms with Crippen molar-refractivity contribution >= 4 is 29.2 Å². The van der Waals surface area contributed by atoms with Crippen molar-refractivity contribution in [2.45, 2.75) is 44.6 Å². The van der Waals surface area contributed by atoms with E-state index in [9.17, 15) is 9.90 Å². The monoisotopic (exact) mass is 437 g/mol. The number of hydrogen-bond donors (Lipinski definition) is 2. The fourth-order valence-corrected chi connectivity index (χ4v) is 4.65. The molecule has 1 aromatic carbocycles. The average Bonchev–Trinajstić information content (AvgIpc) is 2.93. The molecule has 156 valence electrons. The number of aryl methyl sites for hydroxylation is 2. The lowest BCUT2D eigenvalue weighted by molar-refractivity contribution is 0.0697. The van der Waals surface area contributed by atoms with Crippen LogP contribution in [0.1, 0.15) is 39.9 Å². The van der Waals surface area contributed by atoms with Gasteiger partial charge in [-0.25, -0.2) is 4.79 Å². The zero-order chi connectivity index (χ0) is 21.1. The van der Waals surface area contributed by atoms with Gasteiger partial charge in [0, 0.05) is 17.5 Å². The number of aromatic nitrogens is 1. The largest absolute Gasteiger partial charge is 0.491 e. The molecule has 0 saturated heterocycles. The molecule has 3 unspecified atom stereocenters. The second-order valence-electron chi connectivity index (χ2n) is 7.70. The molecule has 2 N–H and O–H groups in total. The zero-order valence-electron chi connectivity index (χ0n) is 16.4. The molecule has 0 aliphatic heterocycles. The molecule has 3 rings (SSSR count). The molecule has 5 nitrogen and oxygen atoms in total. The summed E-state index contributed by atoms with van der Waals surface area (Å²) in [5.74, 6) is -0.296. The SMILES string of the molecule is Cc1cncc(OCC2C(Cl)CC(O)[C@@H]2CCc2ccc(C(=O)O)c(Cl)c2)c1C. The van der Waals surface area contributed by atoms with Crippen LogP contribution in [0.4, 0.5) is 0 Å². The van der Waals surface area contributed by atoms with E-state index in [0.717, 1.165) is 22.4 Å². The Hall–Kier alpha value is -1.82. The molecule has 1 aliphatic rings. The van der Waals surface area contributed by atoms with Crippen LogP contribution in [0.2, 0.25) is 5.02 Å². The topological polar surface area (TPSA) is 79.7 Å². The van der Waals surface area contributed by atoms with Crippen molar-refractivity contribution in [1.82, 2.24) is 4.98 Å². The van der Waals surface area contributed by atoms with E-state index >= 15 is 0 Å². The van der Waals surface area contributed by atoms with Gasteiger partial charge >= 0.3 is 5.97 Å². The summed E-state index contributed by atoms with van der Waals surface area (Å²) in [7, 11) is 0. The minimum Gasteiger partial charge on any atom is -0.491 e. The van der Waals surface area contributed by atoms with Crippen LogP contribution >= 0.6 is 23.2 Å². The third-order valence-corrected chi connectivity index (χ3v) is 6.67. The summed E-state index contributed by atoms with van der Waals surface area (Å²) in [5.41, 5.74) is 3.14. The maximum Gasteiger partial charge on any atom is 0.337 e. The molecule has 4 atom stereocenters. The second kappa shape index (κ2) is 9.33. The minimum atomic E-state index is -1.05. The Morgan fingerprint density at radius 1 is 1.28 bits per heavy atom. The Bertz CT molecular complexity index is 889. The van der Waals surface area contributed by atoms with Crippen molar-refractivity contribution in [3.8, 4) is 5.75 Å². The predicted octanol–water partition coefficient (Wildman–Crippen LogP) is 4.67. The van der Waals surface area contributed by atoms with Crippen molar-refractivity contribution in [3.63, 3.8) is 0 Å². The van der Waals surface area contributed by atoms with E-state index in [-0.39, 0.29) is 27.8 Å². The van der Waals surface area contributed by atoms with Gasteiger partial charge in [-0.1, -0.05) is 17.7 Å². The van der Waals surface area contributed by atoms with Gasteiger partial charge in [-0.3, -0.25) is 4.98 Å². The molecule has 1 saturated carbocycles. The quantitative estimate of drug-likeness (QED) is 0.615. The summed E-state index contributed by atoms with van der Waals surface area (Å²) in [6, 6.07) is 4.96.